The summed E-state index contributed by atoms with van der Waals surface area (Å²) in [6.07, 6.45) is 7.03. The third-order valence-corrected chi connectivity index (χ3v) is 2.73. The van der Waals surface area contributed by atoms with Crippen molar-refractivity contribution in [3.05, 3.63) is 17.1 Å². The summed E-state index contributed by atoms with van der Waals surface area (Å²) in [6, 6.07) is 1.99. The third-order valence-electron chi connectivity index (χ3n) is 2.07. The molecule has 1 heterocycles. The number of carbonyl (C=O) groups excluding carboxylic acids is 1. The Morgan fingerprint density at radius 3 is 2.56 bits per heavy atom. The van der Waals surface area contributed by atoms with Crippen molar-refractivity contribution in [2.45, 2.75) is 46.0 Å². The Balaban J connectivity index is 0.000000315. The van der Waals surface area contributed by atoms with Crippen molar-refractivity contribution in [2.24, 2.45) is 0 Å². The highest BCUT2D eigenvalue weighted by atomic mass is 32.1. The van der Waals surface area contributed by atoms with Crippen molar-refractivity contribution in [1.29, 1.82) is 0 Å². The lowest BCUT2D eigenvalue weighted by atomic mass is 10.1. The fraction of sp³-hybridized carbons (Fsp3) is 0.667. The normalized spacial score (nSPS) is 9.12. The van der Waals surface area contributed by atoms with Crippen molar-refractivity contribution in [2.75, 3.05) is 6.54 Å². The van der Waals surface area contributed by atoms with Gasteiger partial charge in [-0.25, -0.2) is 0 Å². The zero-order chi connectivity index (χ0) is 12.1. The van der Waals surface area contributed by atoms with Gasteiger partial charge in [-0.3, -0.25) is 4.79 Å². The number of aromatic nitrogens is 1. The lowest BCUT2D eigenvalue weighted by Gasteiger charge is -1.97. The molecule has 0 aliphatic heterocycles. The first kappa shape index (κ1) is 15.1. The summed E-state index contributed by atoms with van der Waals surface area (Å²) in [7, 11) is 0. The Morgan fingerprint density at radius 2 is 2.12 bits per heavy atom. The van der Waals surface area contributed by atoms with Gasteiger partial charge in [-0.1, -0.05) is 32.6 Å². The smallest absolute Gasteiger partial charge is 0.207 e. The Hall–Kier alpha value is -0.900. The first-order valence-electron chi connectivity index (χ1n) is 5.85. The number of unbranched alkanes of at least 4 members (excludes halogenated alkanes) is 4. The molecule has 4 heteroatoms. The van der Waals surface area contributed by atoms with Gasteiger partial charge in [0.2, 0.25) is 6.41 Å². The van der Waals surface area contributed by atoms with Gasteiger partial charge in [-0.2, -0.15) is 4.37 Å². The van der Waals surface area contributed by atoms with Gasteiger partial charge in [0.25, 0.3) is 0 Å². The highest BCUT2D eigenvalue weighted by Gasteiger charge is 1.86. The molecule has 1 N–H and O–H groups in total. The van der Waals surface area contributed by atoms with E-state index in [1.54, 1.807) is 0 Å². The molecule has 0 aromatic carbocycles. The van der Waals surface area contributed by atoms with Gasteiger partial charge in [-0.05, 0) is 30.9 Å². The van der Waals surface area contributed by atoms with Gasteiger partial charge < -0.3 is 5.32 Å². The number of nitrogens with one attached hydrogen (secondary N) is 1. The molecular weight excluding hydrogens is 220 g/mol. The second-order valence-corrected chi connectivity index (χ2v) is 4.29. The molecule has 1 rings (SSSR count). The summed E-state index contributed by atoms with van der Waals surface area (Å²) >= 11 is 1.49. The highest BCUT2D eigenvalue weighted by Crippen LogP contribution is 2.00. The van der Waals surface area contributed by atoms with E-state index in [0.717, 1.165) is 25.1 Å². The molecule has 92 valence electrons. The van der Waals surface area contributed by atoms with E-state index < -0.39 is 0 Å². The minimum atomic E-state index is 0.764. The molecule has 0 saturated heterocycles. The Morgan fingerprint density at radius 1 is 1.38 bits per heavy atom. The summed E-state index contributed by atoms with van der Waals surface area (Å²) in [5, 5.41) is 4.61. The molecule has 1 aromatic rings. The lowest BCUT2D eigenvalue weighted by molar-refractivity contribution is -0.109. The van der Waals surface area contributed by atoms with E-state index in [0.29, 0.717) is 0 Å². The van der Waals surface area contributed by atoms with Crippen LogP contribution in [0, 0.1) is 6.92 Å². The molecule has 0 fully saturated rings. The number of nitrogens with zero attached hydrogens (tertiary/aromatic N) is 1. The van der Waals surface area contributed by atoms with Crippen LogP contribution in [0.3, 0.4) is 0 Å². The molecule has 0 unspecified atom stereocenters. The van der Waals surface area contributed by atoms with Crippen LogP contribution in [-0.4, -0.2) is 17.3 Å². The molecule has 1 amide bonds. The molecule has 3 nitrogen and oxygen atoms in total. The van der Waals surface area contributed by atoms with Crippen molar-refractivity contribution >= 4 is 17.9 Å². The molecule has 0 spiro atoms. The molecule has 16 heavy (non-hydrogen) atoms. The minimum Gasteiger partial charge on any atom is -0.359 e. The van der Waals surface area contributed by atoms with Crippen molar-refractivity contribution in [1.82, 2.24) is 9.69 Å². The van der Waals surface area contributed by atoms with Gasteiger partial charge in [0, 0.05) is 11.9 Å². The van der Waals surface area contributed by atoms with E-state index in [2.05, 4.69) is 16.6 Å². The minimum absolute atomic E-state index is 0.764. The summed E-state index contributed by atoms with van der Waals surface area (Å²) in [5.74, 6) is 0. The summed E-state index contributed by atoms with van der Waals surface area (Å²) in [4.78, 5) is 9.78. The topological polar surface area (TPSA) is 42.0 Å². The number of hydrogen-bond acceptors (Lipinski definition) is 3. The molecular formula is C12H22N2OS. The maximum atomic E-state index is 9.78. The molecule has 0 saturated carbocycles. The quantitative estimate of drug-likeness (QED) is 0.589. The zero-order valence-corrected chi connectivity index (χ0v) is 11.1. The molecule has 0 atom stereocenters. The van der Waals surface area contributed by atoms with Crippen LogP contribution in [0.5, 0.6) is 0 Å². The van der Waals surface area contributed by atoms with E-state index in [1.165, 1.54) is 37.2 Å². The van der Waals surface area contributed by atoms with Crippen LogP contribution in [0.25, 0.3) is 0 Å². The van der Waals surface area contributed by atoms with Crippen molar-refractivity contribution in [3.63, 3.8) is 0 Å². The molecule has 0 aliphatic carbocycles. The van der Waals surface area contributed by atoms with Gasteiger partial charge in [0.15, 0.2) is 0 Å². The number of carbonyl (C=O) groups is 1. The van der Waals surface area contributed by atoms with Crippen LogP contribution >= 0.6 is 11.5 Å². The molecule has 1 aromatic heterocycles. The van der Waals surface area contributed by atoms with Crippen LogP contribution in [0.1, 0.15) is 44.7 Å². The molecule has 0 aliphatic rings. The van der Waals surface area contributed by atoms with E-state index in [1.807, 2.05) is 18.4 Å². The lowest BCUT2D eigenvalue weighted by Crippen LogP contribution is -2.11. The van der Waals surface area contributed by atoms with Gasteiger partial charge in [0.05, 0.1) is 5.69 Å². The predicted molar refractivity (Wildman–Crippen MR) is 69.7 cm³/mol. The second kappa shape index (κ2) is 12.2. The first-order valence-corrected chi connectivity index (χ1v) is 6.69. The van der Waals surface area contributed by atoms with E-state index in [-0.39, 0.29) is 0 Å². The number of rotatable bonds is 7. The number of aryl methyl sites for hydroxylation is 1. The maximum Gasteiger partial charge on any atom is 0.207 e. The van der Waals surface area contributed by atoms with Crippen LogP contribution in [-0.2, 0) is 4.79 Å². The Labute approximate surface area is 102 Å². The van der Waals surface area contributed by atoms with Crippen molar-refractivity contribution in [3.8, 4) is 0 Å². The molecule has 0 bridgehead atoms. The predicted octanol–water partition coefficient (Wildman–Crippen LogP) is 3.15. The standard InChI is InChI=1S/C8H17NO.C4H5NS/c1-2-3-4-5-6-7-9-8-10;1-4-2-3-6-5-4/h8H,2-7H2,1H3,(H,9,10);2-3H,1H3. The largest absolute Gasteiger partial charge is 0.359 e. The highest BCUT2D eigenvalue weighted by molar-refractivity contribution is 7.03. The van der Waals surface area contributed by atoms with Gasteiger partial charge >= 0.3 is 0 Å². The first-order chi connectivity index (χ1) is 7.81. The van der Waals surface area contributed by atoms with Gasteiger partial charge in [0.1, 0.15) is 0 Å². The Bertz CT molecular complexity index is 237. The van der Waals surface area contributed by atoms with Crippen LogP contribution in [0.15, 0.2) is 11.4 Å². The zero-order valence-electron chi connectivity index (χ0n) is 10.2. The summed E-state index contributed by atoms with van der Waals surface area (Å²) < 4.78 is 3.96. The van der Waals surface area contributed by atoms with Gasteiger partial charge in [-0.15, -0.1) is 0 Å². The SMILES string of the molecule is CCCCCCCNC=O.Cc1ccsn1. The van der Waals surface area contributed by atoms with Crippen LogP contribution in [0.4, 0.5) is 0 Å². The average Bonchev–Trinajstić information content (AvgIpc) is 2.75. The fourth-order valence-electron chi connectivity index (χ4n) is 1.16. The Kier molecular flexibility index (Phi) is 11.5. The van der Waals surface area contributed by atoms with E-state index in [4.69, 9.17) is 0 Å². The summed E-state index contributed by atoms with van der Waals surface area (Å²) in [5.41, 5.74) is 1.11. The van der Waals surface area contributed by atoms with Crippen LogP contribution in [0.2, 0.25) is 0 Å². The van der Waals surface area contributed by atoms with Crippen molar-refractivity contribution < 1.29 is 4.79 Å². The van der Waals surface area contributed by atoms with Crippen LogP contribution < -0.4 is 5.32 Å². The number of amides is 1. The second-order valence-electron chi connectivity index (χ2n) is 3.63. The van der Waals surface area contributed by atoms with E-state index >= 15 is 0 Å². The monoisotopic (exact) mass is 242 g/mol. The number of hydrogen-bond donors (Lipinski definition) is 1. The van der Waals surface area contributed by atoms with E-state index in [9.17, 15) is 4.79 Å². The summed E-state index contributed by atoms with van der Waals surface area (Å²) in [6.45, 7) is 5.02. The average molecular weight is 242 g/mol. The molecule has 0 radical (unpaired) electrons. The third kappa shape index (κ3) is 11.2. The maximum absolute atomic E-state index is 9.78. The fourth-order valence-corrected chi connectivity index (χ4v) is 1.71.